The van der Waals surface area contributed by atoms with Crippen molar-refractivity contribution in [3.05, 3.63) is 23.1 Å². The van der Waals surface area contributed by atoms with Crippen LogP contribution in [0.25, 0.3) is 0 Å². The molecule has 1 unspecified atom stereocenters. The number of carbonyl (C=O) groups excluding carboxylic acids is 1. The molecule has 6 heteroatoms. The summed E-state index contributed by atoms with van der Waals surface area (Å²) in [5.41, 5.74) is 0. The van der Waals surface area contributed by atoms with E-state index >= 15 is 0 Å². The summed E-state index contributed by atoms with van der Waals surface area (Å²) >= 11 is 9.74. The Kier molecular flexibility index (Phi) is 3.35. The second-order valence-corrected chi connectivity index (χ2v) is 4.52. The van der Waals surface area contributed by atoms with Crippen molar-refractivity contribution in [1.82, 2.24) is 4.98 Å². The SMILES string of the molecule is O=C1CC(CS)CN1c1ncc(Cl)cc1F. The Balaban J connectivity index is 2.28. The van der Waals surface area contributed by atoms with Gasteiger partial charge in [-0.05, 0) is 17.7 Å². The molecule has 1 amide bonds. The van der Waals surface area contributed by atoms with Crippen molar-refractivity contribution in [1.29, 1.82) is 0 Å². The first-order valence-electron chi connectivity index (χ1n) is 4.84. The molecule has 1 aromatic rings. The molecule has 0 N–H and O–H groups in total. The van der Waals surface area contributed by atoms with Gasteiger partial charge in [0.25, 0.3) is 0 Å². The fraction of sp³-hybridized carbons (Fsp3) is 0.400. The smallest absolute Gasteiger partial charge is 0.228 e. The van der Waals surface area contributed by atoms with Gasteiger partial charge in [-0.15, -0.1) is 0 Å². The number of anilines is 1. The maximum absolute atomic E-state index is 13.5. The molecule has 0 bridgehead atoms. The van der Waals surface area contributed by atoms with Crippen LogP contribution >= 0.6 is 24.2 Å². The molecule has 0 radical (unpaired) electrons. The summed E-state index contributed by atoms with van der Waals surface area (Å²) in [6, 6.07) is 1.16. The van der Waals surface area contributed by atoms with Gasteiger partial charge in [0, 0.05) is 19.2 Å². The largest absolute Gasteiger partial charge is 0.294 e. The van der Waals surface area contributed by atoms with Gasteiger partial charge in [0.05, 0.1) is 5.02 Å². The molecule has 1 aliphatic rings. The number of thiol groups is 1. The molecular formula is C10H10ClFN2OS. The third-order valence-corrected chi connectivity index (χ3v) is 3.23. The highest BCUT2D eigenvalue weighted by molar-refractivity contribution is 7.80. The van der Waals surface area contributed by atoms with Gasteiger partial charge in [0.2, 0.25) is 5.91 Å². The molecular weight excluding hydrogens is 251 g/mol. The standard InChI is InChI=1S/C10H10ClFN2OS/c11-7-2-8(12)10(13-3-7)14-4-6(5-16)1-9(14)15/h2-3,6,16H,1,4-5H2. The number of halogens is 2. The Morgan fingerprint density at radius 3 is 3.00 bits per heavy atom. The highest BCUT2D eigenvalue weighted by Gasteiger charge is 2.32. The minimum Gasteiger partial charge on any atom is -0.294 e. The van der Waals surface area contributed by atoms with Crippen molar-refractivity contribution in [2.75, 3.05) is 17.2 Å². The van der Waals surface area contributed by atoms with Gasteiger partial charge in [-0.2, -0.15) is 12.6 Å². The van der Waals surface area contributed by atoms with Crippen LogP contribution < -0.4 is 4.90 Å². The fourth-order valence-electron chi connectivity index (χ4n) is 1.71. The zero-order valence-electron chi connectivity index (χ0n) is 8.36. The van der Waals surface area contributed by atoms with Crippen LogP contribution in [0.4, 0.5) is 10.2 Å². The number of rotatable bonds is 2. The number of hydrogen-bond donors (Lipinski definition) is 1. The number of nitrogens with zero attached hydrogens (tertiary/aromatic N) is 2. The van der Waals surface area contributed by atoms with Gasteiger partial charge >= 0.3 is 0 Å². The zero-order chi connectivity index (χ0) is 11.7. The Morgan fingerprint density at radius 1 is 1.69 bits per heavy atom. The summed E-state index contributed by atoms with van der Waals surface area (Å²) in [6.45, 7) is 0.466. The average molecular weight is 261 g/mol. The first kappa shape index (κ1) is 11.7. The fourth-order valence-corrected chi connectivity index (χ4v) is 2.10. The Bertz CT molecular complexity index is 429. The molecule has 0 aromatic carbocycles. The monoisotopic (exact) mass is 260 g/mol. The lowest BCUT2D eigenvalue weighted by atomic mass is 10.1. The van der Waals surface area contributed by atoms with Gasteiger partial charge in [0.1, 0.15) is 0 Å². The van der Waals surface area contributed by atoms with Crippen LogP contribution in [0.15, 0.2) is 12.3 Å². The highest BCUT2D eigenvalue weighted by atomic mass is 35.5. The van der Waals surface area contributed by atoms with Gasteiger partial charge in [0.15, 0.2) is 11.6 Å². The number of carbonyl (C=O) groups is 1. The summed E-state index contributed by atoms with van der Waals surface area (Å²) in [4.78, 5) is 16.8. The van der Waals surface area contributed by atoms with Crippen molar-refractivity contribution >= 4 is 36.0 Å². The van der Waals surface area contributed by atoms with Crippen molar-refractivity contribution in [2.45, 2.75) is 6.42 Å². The molecule has 16 heavy (non-hydrogen) atoms. The second-order valence-electron chi connectivity index (χ2n) is 3.72. The number of pyridine rings is 1. The maximum atomic E-state index is 13.5. The molecule has 1 aromatic heterocycles. The van der Waals surface area contributed by atoms with Crippen LogP contribution in [0.5, 0.6) is 0 Å². The van der Waals surface area contributed by atoms with Crippen LogP contribution in [0, 0.1) is 11.7 Å². The van der Waals surface area contributed by atoms with Crippen molar-refractivity contribution in [2.24, 2.45) is 5.92 Å². The van der Waals surface area contributed by atoms with E-state index in [1.54, 1.807) is 0 Å². The highest BCUT2D eigenvalue weighted by Crippen LogP contribution is 2.27. The average Bonchev–Trinajstić information content (AvgIpc) is 2.60. The second kappa shape index (κ2) is 4.59. The summed E-state index contributed by atoms with van der Waals surface area (Å²) in [5.74, 6) is 0.136. The third-order valence-electron chi connectivity index (χ3n) is 2.51. The van der Waals surface area contributed by atoms with E-state index in [4.69, 9.17) is 11.6 Å². The van der Waals surface area contributed by atoms with Gasteiger partial charge in [-0.1, -0.05) is 11.6 Å². The topological polar surface area (TPSA) is 33.2 Å². The van der Waals surface area contributed by atoms with E-state index in [1.165, 1.54) is 11.1 Å². The van der Waals surface area contributed by atoms with Crippen LogP contribution in [0.2, 0.25) is 5.02 Å². The normalized spacial score (nSPS) is 20.6. The van der Waals surface area contributed by atoms with Crippen molar-refractivity contribution < 1.29 is 9.18 Å². The zero-order valence-corrected chi connectivity index (χ0v) is 10.0. The molecule has 0 aliphatic carbocycles. The predicted octanol–water partition coefficient (Wildman–Crippen LogP) is 2.16. The molecule has 1 aliphatic heterocycles. The molecule has 1 fully saturated rings. The quantitative estimate of drug-likeness (QED) is 0.827. The van der Waals surface area contributed by atoms with Crippen LogP contribution in [-0.4, -0.2) is 23.2 Å². The predicted molar refractivity (Wildman–Crippen MR) is 63.5 cm³/mol. The first-order valence-corrected chi connectivity index (χ1v) is 5.85. The lowest BCUT2D eigenvalue weighted by Gasteiger charge is -2.15. The van der Waals surface area contributed by atoms with E-state index in [0.29, 0.717) is 18.7 Å². The number of amides is 1. The first-order chi connectivity index (χ1) is 7.61. The molecule has 0 spiro atoms. The molecule has 86 valence electrons. The summed E-state index contributed by atoms with van der Waals surface area (Å²) in [5, 5.41) is 0.221. The van der Waals surface area contributed by atoms with Gasteiger partial charge in [-0.25, -0.2) is 9.37 Å². The molecule has 1 atom stereocenters. The van der Waals surface area contributed by atoms with Crippen molar-refractivity contribution in [3.63, 3.8) is 0 Å². The third kappa shape index (κ3) is 2.15. The van der Waals surface area contributed by atoms with E-state index in [-0.39, 0.29) is 22.7 Å². The van der Waals surface area contributed by atoms with Crippen LogP contribution in [0.3, 0.4) is 0 Å². The summed E-state index contributed by atoms with van der Waals surface area (Å²) in [7, 11) is 0. The minimum absolute atomic E-state index is 0.0543. The van der Waals surface area contributed by atoms with E-state index in [1.807, 2.05) is 0 Å². The van der Waals surface area contributed by atoms with Gasteiger partial charge < -0.3 is 0 Å². The molecule has 0 saturated carbocycles. The minimum atomic E-state index is -0.569. The van der Waals surface area contributed by atoms with Crippen molar-refractivity contribution in [3.8, 4) is 0 Å². The molecule has 2 rings (SSSR count). The molecule has 1 saturated heterocycles. The number of aromatic nitrogens is 1. The number of hydrogen-bond acceptors (Lipinski definition) is 3. The lowest BCUT2D eigenvalue weighted by Crippen LogP contribution is -2.26. The van der Waals surface area contributed by atoms with E-state index in [9.17, 15) is 9.18 Å². The van der Waals surface area contributed by atoms with E-state index in [2.05, 4.69) is 17.6 Å². The van der Waals surface area contributed by atoms with Gasteiger partial charge in [-0.3, -0.25) is 9.69 Å². The Hall–Kier alpha value is -0.810. The maximum Gasteiger partial charge on any atom is 0.228 e. The van der Waals surface area contributed by atoms with E-state index < -0.39 is 5.82 Å². The van der Waals surface area contributed by atoms with Crippen LogP contribution in [0.1, 0.15) is 6.42 Å². The van der Waals surface area contributed by atoms with E-state index in [0.717, 1.165) is 6.07 Å². The Labute approximate surface area is 103 Å². The molecule has 3 nitrogen and oxygen atoms in total. The van der Waals surface area contributed by atoms with Crippen LogP contribution in [-0.2, 0) is 4.79 Å². The summed E-state index contributed by atoms with van der Waals surface area (Å²) in [6.07, 6.45) is 1.73. The molecule has 2 heterocycles. The lowest BCUT2D eigenvalue weighted by molar-refractivity contribution is -0.117. The Morgan fingerprint density at radius 2 is 2.44 bits per heavy atom. The summed E-state index contributed by atoms with van der Waals surface area (Å²) < 4.78 is 13.5.